The van der Waals surface area contributed by atoms with Gasteiger partial charge in [0.1, 0.15) is 5.82 Å². The van der Waals surface area contributed by atoms with Crippen molar-refractivity contribution in [3.05, 3.63) is 29.6 Å². The van der Waals surface area contributed by atoms with E-state index in [-0.39, 0.29) is 0 Å². The summed E-state index contributed by atoms with van der Waals surface area (Å²) in [4.78, 5) is 19.5. The lowest BCUT2D eigenvalue weighted by Crippen LogP contribution is -2.32. The van der Waals surface area contributed by atoms with Crippen molar-refractivity contribution in [1.82, 2.24) is 15.3 Å². The van der Waals surface area contributed by atoms with Gasteiger partial charge in [0, 0.05) is 12.0 Å². The van der Waals surface area contributed by atoms with Gasteiger partial charge in [0.25, 0.3) is 5.91 Å². The highest BCUT2D eigenvalue weighted by molar-refractivity contribution is 6.04. The summed E-state index contributed by atoms with van der Waals surface area (Å²) in [6.45, 7) is 3.18. The molecule has 1 aromatic heterocycles. The normalized spacial score (nSPS) is 22.5. The average Bonchev–Trinajstić information content (AvgIpc) is 2.92. The number of carbonyl (C=O) groups is 1. The third kappa shape index (κ3) is 2.78. The van der Waals surface area contributed by atoms with Crippen molar-refractivity contribution in [3.8, 4) is 0 Å². The van der Waals surface area contributed by atoms with E-state index in [0.29, 0.717) is 17.5 Å². The van der Waals surface area contributed by atoms with Crippen molar-refractivity contribution in [2.24, 2.45) is 5.73 Å². The first-order valence-corrected chi connectivity index (χ1v) is 7.71. The Morgan fingerprint density at radius 3 is 2.81 bits per heavy atom. The Hall–Kier alpha value is -1.88. The highest BCUT2D eigenvalue weighted by Gasteiger charge is 2.24. The predicted molar refractivity (Wildman–Crippen MR) is 83.3 cm³/mol. The van der Waals surface area contributed by atoms with Gasteiger partial charge in [-0.3, -0.25) is 4.79 Å². The summed E-state index contributed by atoms with van der Waals surface area (Å²) in [6.07, 6.45) is 4.61. The molecule has 3 rings (SSSR count). The molecule has 1 aliphatic carbocycles. The van der Waals surface area contributed by atoms with Crippen molar-refractivity contribution in [1.29, 1.82) is 0 Å². The van der Waals surface area contributed by atoms with Gasteiger partial charge in [0.05, 0.1) is 16.6 Å². The van der Waals surface area contributed by atoms with Crippen LogP contribution in [-0.2, 0) is 0 Å². The molecule has 0 saturated heterocycles. The second kappa shape index (κ2) is 5.85. The van der Waals surface area contributed by atoms with E-state index in [4.69, 9.17) is 5.73 Å². The first-order valence-electron chi connectivity index (χ1n) is 7.71. The Morgan fingerprint density at radius 2 is 2.14 bits per heavy atom. The molecule has 0 unspecified atom stereocenters. The molecule has 1 aliphatic rings. The Labute approximate surface area is 124 Å². The van der Waals surface area contributed by atoms with Gasteiger partial charge in [-0.2, -0.15) is 0 Å². The molecule has 1 fully saturated rings. The summed E-state index contributed by atoms with van der Waals surface area (Å²) in [5, 5.41) is 3.52. The maximum absolute atomic E-state index is 11.5. The van der Waals surface area contributed by atoms with E-state index in [1.54, 1.807) is 6.07 Å². The number of H-pyrrole nitrogens is 1. The Balaban J connectivity index is 1.82. The fraction of sp³-hybridized carbons (Fsp3) is 0.500. The zero-order valence-electron chi connectivity index (χ0n) is 12.4. The molecule has 1 saturated carbocycles. The maximum atomic E-state index is 11.5. The van der Waals surface area contributed by atoms with Gasteiger partial charge < -0.3 is 16.0 Å². The summed E-state index contributed by atoms with van der Waals surface area (Å²) < 4.78 is 0. The van der Waals surface area contributed by atoms with Gasteiger partial charge in [0.15, 0.2) is 0 Å². The molecular weight excluding hydrogens is 264 g/mol. The number of para-hydroxylation sites is 1. The number of primary amides is 1. The van der Waals surface area contributed by atoms with Crippen molar-refractivity contribution < 1.29 is 4.79 Å². The SMILES string of the molecule is CCN[C@H]1CC[C@@H](c2nc3cccc(C(N)=O)c3[nH]2)CC1. The number of amides is 1. The summed E-state index contributed by atoms with van der Waals surface area (Å²) in [5.41, 5.74) is 7.55. The van der Waals surface area contributed by atoms with Gasteiger partial charge >= 0.3 is 0 Å². The summed E-state index contributed by atoms with van der Waals surface area (Å²) >= 11 is 0. The van der Waals surface area contributed by atoms with E-state index >= 15 is 0 Å². The van der Waals surface area contributed by atoms with Crippen LogP contribution in [0.3, 0.4) is 0 Å². The Morgan fingerprint density at radius 1 is 1.38 bits per heavy atom. The third-order valence-electron chi connectivity index (χ3n) is 4.41. The van der Waals surface area contributed by atoms with Crippen LogP contribution in [0.15, 0.2) is 18.2 Å². The van der Waals surface area contributed by atoms with Gasteiger partial charge in [-0.15, -0.1) is 0 Å². The van der Waals surface area contributed by atoms with Crippen molar-refractivity contribution >= 4 is 16.9 Å². The smallest absolute Gasteiger partial charge is 0.250 e. The van der Waals surface area contributed by atoms with Crippen LogP contribution in [0, 0.1) is 0 Å². The molecule has 4 N–H and O–H groups in total. The van der Waals surface area contributed by atoms with E-state index in [9.17, 15) is 4.79 Å². The zero-order valence-corrected chi connectivity index (χ0v) is 12.4. The number of hydrogen-bond acceptors (Lipinski definition) is 3. The Bertz CT molecular complexity index is 641. The number of fused-ring (bicyclic) bond motifs is 1. The van der Waals surface area contributed by atoms with Gasteiger partial charge in [0.2, 0.25) is 0 Å². The van der Waals surface area contributed by atoms with Crippen LogP contribution in [0.25, 0.3) is 11.0 Å². The molecule has 0 radical (unpaired) electrons. The third-order valence-corrected chi connectivity index (χ3v) is 4.41. The average molecular weight is 286 g/mol. The molecule has 0 atom stereocenters. The van der Waals surface area contributed by atoms with Crippen LogP contribution in [0.1, 0.15) is 54.7 Å². The van der Waals surface area contributed by atoms with E-state index in [1.807, 2.05) is 12.1 Å². The number of aromatic amines is 1. The monoisotopic (exact) mass is 286 g/mol. The van der Waals surface area contributed by atoms with E-state index < -0.39 is 5.91 Å². The molecule has 1 heterocycles. The molecule has 1 aromatic carbocycles. The number of benzene rings is 1. The number of carbonyl (C=O) groups excluding carboxylic acids is 1. The van der Waals surface area contributed by atoms with E-state index in [1.165, 1.54) is 12.8 Å². The standard InChI is InChI=1S/C16H22N4O/c1-2-18-11-8-6-10(7-9-11)16-19-13-5-3-4-12(15(17)21)14(13)20-16/h3-5,10-11,18H,2,6-9H2,1H3,(H2,17,21)(H,19,20)/t10-,11+. The molecule has 5 heteroatoms. The summed E-state index contributed by atoms with van der Waals surface area (Å²) in [5.74, 6) is 1.04. The van der Waals surface area contributed by atoms with Gasteiger partial charge in [-0.25, -0.2) is 4.98 Å². The second-order valence-electron chi connectivity index (χ2n) is 5.79. The highest BCUT2D eigenvalue weighted by Crippen LogP contribution is 2.32. The number of rotatable bonds is 4. The molecule has 0 bridgehead atoms. The lowest BCUT2D eigenvalue weighted by molar-refractivity contribution is 0.100. The number of hydrogen-bond donors (Lipinski definition) is 3. The molecule has 0 spiro atoms. The van der Waals surface area contributed by atoms with Crippen LogP contribution in [0.4, 0.5) is 0 Å². The topological polar surface area (TPSA) is 83.8 Å². The minimum Gasteiger partial charge on any atom is -0.366 e. The van der Waals surface area contributed by atoms with Crippen LogP contribution >= 0.6 is 0 Å². The number of nitrogens with one attached hydrogen (secondary N) is 2. The highest BCUT2D eigenvalue weighted by atomic mass is 16.1. The maximum Gasteiger partial charge on any atom is 0.250 e. The minimum absolute atomic E-state index is 0.411. The Kier molecular flexibility index (Phi) is 3.92. The molecule has 112 valence electrons. The molecule has 2 aromatic rings. The molecule has 1 amide bonds. The minimum atomic E-state index is -0.411. The lowest BCUT2D eigenvalue weighted by atomic mass is 9.85. The first kappa shape index (κ1) is 14.1. The van der Waals surface area contributed by atoms with Crippen LogP contribution in [0.5, 0.6) is 0 Å². The predicted octanol–water partition coefficient (Wildman–Crippen LogP) is 2.30. The molecule has 0 aliphatic heterocycles. The quantitative estimate of drug-likeness (QED) is 0.806. The summed E-state index contributed by atoms with van der Waals surface area (Å²) in [7, 11) is 0. The number of imidazole rings is 1. The molecule has 21 heavy (non-hydrogen) atoms. The number of nitrogens with zero attached hydrogens (tertiary/aromatic N) is 1. The van der Waals surface area contributed by atoms with Gasteiger partial charge in [-0.05, 0) is 44.4 Å². The van der Waals surface area contributed by atoms with Crippen LogP contribution in [-0.4, -0.2) is 28.5 Å². The van der Waals surface area contributed by atoms with E-state index in [0.717, 1.165) is 36.2 Å². The van der Waals surface area contributed by atoms with Gasteiger partial charge in [-0.1, -0.05) is 13.0 Å². The largest absolute Gasteiger partial charge is 0.366 e. The van der Waals surface area contributed by atoms with E-state index in [2.05, 4.69) is 22.2 Å². The molecular formula is C16H22N4O. The fourth-order valence-electron chi connectivity index (χ4n) is 3.31. The van der Waals surface area contributed by atoms with Crippen molar-refractivity contribution in [2.75, 3.05) is 6.54 Å². The first-order chi connectivity index (χ1) is 10.2. The van der Waals surface area contributed by atoms with Crippen molar-refractivity contribution in [3.63, 3.8) is 0 Å². The summed E-state index contributed by atoms with van der Waals surface area (Å²) in [6, 6.07) is 6.13. The zero-order chi connectivity index (χ0) is 14.8. The fourth-order valence-corrected chi connectivity index (χ4v) is 3.31. The van der Waals surface area contributed by atoms with Crippen molar-refractivity contribution in [2.45, 2.75) is 44.6 Å². The van der Waals surface area contributed by atoms with Crippen LogP contribution < -0.4 is 11.1 Å². The van der Waals surface area contributed by atoms with Crippen LogP contribution in [0.2, 0.25) is 0 Å². The number of nitrogens with two attached hydrogens (primary N) is 1. The number of aromatic nitrogens is 2. The molecule has 5 nitrogen and oxygen atoms in total. The lowest BCUT2D eigenvalue weighted by Gasteiger charge is -2.27. The second-order valence-corrected chi connectivity index (χ2v) is 5.79.